The zero-order valence-electron chi connectivity index (χ0n) is 12.5. The predicted molar refractivity (Wildman–Crippen MR) is 83.6 cm³/mol. The van der Waals surface area contributed by atoms with E-state index in [1.54, 1.807) is 6.08 Å². The summed E-state index contributed by atoms with van der Waals surface area (Å²) in [5, 5.41) is 10.3. The molecule has 0 unspecified atom stereocenters. The van der Waals surface area contributed by atoms with Crippen molar-refractivity contribution in [1.29, 1.82) is 0 Å². The first kappa shape index (κ1) is 16.3. The van der Waals surface area contributed by atoms with Crippen LogP contribution in [0.3, 0.4) is 0 Å². The van der Waals surface area contributed by atoms with Gasteiger partial charge in [-0.05, 0) is 60.6 Å². The minimum Gasteiger partial charge on any atom is -0.507 e. The molecule has 0 aliphatic heterocycles. The van der Waals surface area contributed by atoms with E-state index in [-0.39, 0.29) is 0 Å². The van der Waals surface area contributed by atoms with E-state index in [1.165, 1.54) is 6.08 Å². The summed E-state index contributed by atoms with van der Waals surface area (Å²) < 4.78 is 0. The number of primary amides is 1. The molecule has 0 saturated carbocycles. The summed E-state index contributed by atoms with van der Waals surface area (Å²) >= 11 is 0. The van der Waals surface area contributed by atoms with Crippen molar-refractivity contribution >= 4 is 12.0 Å². The number of rotatable bonds is 8. The van der Waals surface area contributed by atoms with E-state index in [0.717, 1.165) is 55.2 Å². The van der Waals surface area contributed by atoms with Crippen LogP contribution < -0.4 is 5.73 Å². The van der Waals surface area contributed by atoms with Gasteiger partial charge in [-0.25, -0.2) is 0 Å². The van der Waals surface area contributed by atoms with Crippen LogP contribution in [0.15, 0.2) is 18.2 Å². The minimum atomic E-state index is -0.455. The van der Waals surface area contributed by atoms with Crippen LogP contribution in [0.1, 0.15) is 56.2 Å². The van der Waals surface area contributed by atoms with Crippen molar-refractivity contribution < 1.29 is 9.90 Å². The van der Waals surface area contributed by atoms with E-state index in [4.69, 9.17) is 5.73 Å². The maximum atomic E-state index is 10.8. The largest absolute Gasteiger partial charge is 0.507 e. The molecule has 0 aromatic heterocycles. The Morgan fingerprint density at radius 1 is 1.15 bits per heavy atom. The number of amides is 1. The van der Waals surface area contributed by atoms with Crippen molar-refractivity contribution in [2.45, 2.75) is 52.4 Å². The molecular formula is C17H25NO2. The summed E-state index contributed by atoms with van der Waals surface area (Å²) in [6, 6.07) is 3.89. The maximum absolute atomic E-state index is 10.8. The highest BCUT2D eigenvalue weighted by Crippen LogP contribution is 2.28. The van der Waals surface area contributed by atoms with Crippen LogP contribution in [0.4, 0.5) is 0 Å². The fourth-order valence-electron chi connectivity index (χ4n) is 2.18. The molecule has 3 heteroatoms. The van der Waals surface area contributed by atoms with Crippen LogP contribution in [0.5, 0.6) is 5.75 Å². The smallest absolute Gasteiger partial charge is 0.241 e. The Morgan fingerprint density at radius 3 is 2.05 bits per heavy atom. The lowest BCUT2D eigenvalue weighted by Crippen LogP contribution is -2.05. The lowest BCUT2D eigenvalue weighted by atomic mass is 9.97. The predicted octanol–water partition coefficient (Wildman–Crippen LogP) is 3.58. The van der Waals surface area contributed by atoms with Crippen molar-refractivity contribution in [3.63, 3.8) is 0 Å². The van der Waals surface area contributed by atoms with Gasteiger partial charge in [-0.1, -0.05) is 26.7 Å². The number of unbranched alkanes of at least 4 members (excludes halogenated alkanes) is 2. The number of hydrogen-bond donors (Lipinski definition) is 2. The fourth-order valence-corrected chi connectivity index (χ4v) is 2.18. The highest BCUT2D eigenvalue weighted by Gasteiger charge is 2.09. The molecule has 3 nitrogen and oxygen atoms in total. The maximum Gasteiger partial charge on any atom is 0.241 e. The third-order valence-electron chi connectivity index (χ3n) is 3.33. The van der Waals surface area contributed by atoms with Crippen molar-refractivity contribution in [2.75, 3.05) is 0 Å². The van der Waals surface area contributed by atoms with Crippen molar-refractivity contribution in [3.8, 4) is 5.75 Å². The van der Waals surface area contributed by atoms with Gasteiger partial charge in [0.05, 0.1) is 0 Å². The molecule has 1 rings (SSSR count). The fraction of sp³-hybridized carbons (Fsp3) is 0.471. The third-order valence-corrected chi connectivity index (χ3v) is 3.33. The molecule has 0 fully saturated rings. The molecule has 3 N–H and O–H groups in total. The molecule has 0 saturated heterocycles. The Hall–Kier alpha value is -1.77. The Labute approximate surface area is 121 Å². The van der Waals surface area contributed by atoms with Gasteiger partial charge in [-0.2, -0.15) is 0 Å². The Balaban J connectivity index is 3.07. The topological polar surface area (TPSA) is 63.3 Å². The number of aryl methyl sites for hydroxylation is 2. The SMILES string of the molecule is CCCCc1cc(C=CC(N)=O)cc(CCCC)c1O. The van der Waals surface area contributed by atoms with E-state index < -0.39 is 5.91 Å². The number of hydrogen-bond acceptors (Lipinski definition) is 2. The van der Waals surface area contributed by atoms with E-state index in [2.05, 4.69) is 13.8 Å². The van der Waals surface area contributed by atoms with Gasteiger partial charge >= 0.3 is 0 Å². The zero-order valence-corrected chi connectivity index (χ0v) is 12.5. The number of carbonyl (C=O) groups excluding carboxylic acids is 1. The summed E-state index contributed by atoms with van der Waals surface area (Å²) in [4.78, 5) is 10.8. The van der Waals surface area contributed by atoms with E-state index in [9.17, 15) is 9.90 Å². The molecule has 0 aliphatic rings. The second-order valence-electron chi connectivity index (χ2n) is 5.13. The molecule has 0 spiro atoms. The van der Waals surface area contributed by atoms with Gasteiger partial charge in [0.1, 0.15) is 5.75 Å². The molecule has 0 bridgehead atoms. The Kier molecular flexibility index (Phi) is 6.85. The van der Waals surface area contributed by atoms with Crippen LogP contribution in [-0.4, -0.2) is 11.0 Å². The van der Waals surface area contributed by atoms with Gasteiger partial charge in [0, 0.05) is 6.08 Å². The third kappa shape index (κ3) is 5.08. The van der Waals surface area contributed by atoms with Gasteiger partial charge in [-0.15, -0.1) is 0 Å². The Bertz CT molecular complexity index is 449. The van der Waals surface area contributed by atoms with Crippen LogP contribution >= 0.6 is 0 Å². The van der Waals surface area contributed by atoms with Crippen molar-refractivity contribution in [3.05, 3.63) is 34.9 Å². The summed E-state index contributed by atoms with van der Waals surface area (Å²) in [7, 11) is 0. The standard InChI is InChI=1S/C17H25NO2/c1-3-5-7-14-11-13(9-10-16(18)19)12-15(17(14)20)8-6-4-2/h9-12,20H,3-8H2,1-2H3,(H2,18,19). The molecule has 110 valence electrons. The summed E-state index contributed by atoms with van der Waals surface area (Å²) in [5.74, 6) is -0.0357. The first-order valence-electron chi connectivity index (χ1n) is 7.40. The van der Waals surface area contributed by atoms with Gasteiger partial charge < -0.3 is 10.8 Å². The van der Waals surface area contributed by atoms with Gasteiger partial charge in [0.25, 0.3) is 0 Å². The quantitative estimate of drug-likeness (QED) is 0.712. The highest BCUT2D eigenvalue weighted by molar-refractivity contribution is 5.90. The number of phenolic OH excluding ortho intramolecular Hbond substituents is 1. The van der Waals surface area contributed by atoms with E-state index in [0.29, 0.717) is 5.75 Å². The first-order valence-corrected chi connectivity index (χ1v) is 7.40. The van der Waals surface area contributed by atoms with Crippen LogP contribution in [-0.2, 0) is 17.6 Å². The normalized spacial score (nSPS) is 11.1. The van der Waals surface area contributed by atoms with E-state index >= 15 is 0 Å². The lowest BCUT2D eigenvalue weighted by molar-refractivity contribution is -0.113. The number of carbonyl (C=O) groups is 1. The average molecular weight is 275 g/mol. The minimum absolute atomic E-state index is 0.420. The molecule has 20 heavy (non-hydrogen) atoms. The van der Waals surface area contributed by atoms with E-state index in [1.807, 2.05) is 12.1 Å². The summed E-state index contributed by atoms with van der Waals surface area (Å²) in [5.41, 5.74) is 7.99. The average Bonchev–Trinajstić information content (AvgIpc) is 2.43. The molecule has 0 heterocycles. The summed E-state index contributed by atoms with van der Waals surface area (Å²) in [6.07, 6.45) is 9.06. The molecule has 0 radical (unpaired) electrons. The van der Waals surface area contributed by atoms with Crippen molar-refractivity contribution in [2.24, 2.45) is 5.73 Å². The van der Waals surface area contributed by atoms with Gasteiger partial charge in [-0.3, -0.25) is 4.79 Å². The number of aromatic hydroxyl groups is 1. The molecular weight excluding hydrogens is 250 g/mol. The number of phenols is 1. The van der Waals surface area contributed by atoms with Gasteiger partial charge in [0.15, 0.2) is 0 Å². The lowest BCUT2D eigenvalue weighted by Gasteiger charge is -2.11. The molecule has 1 aromatic carbocycles. The number of nitrogens with two attached hydrogens (primary N) is 1. The van der Waals surface area contributed by atoms with Crippen LogP contribution in [0, 0.1) is 0 Å². The Morgan fingerprint density at radius 2 is 1.65 bits per heavy atom. The van der Waals surface area contributed by atoms with Gasteiger partial charge in [0.2, 0.25) is 5.91 Å². The van der Waals surface area contributed by atoms with Crippen LogP contribution in [0.25, 0.3) is 6.08 Å². The first-order chi connectivity index (χ1) is 9.58. The molecule has 1 amide bonds. The molecule has 0 aliphatic carbocycles. The summed E-state index contributed by atoms with van der Waals surface area (Å²) in [6.45, 7) is 4.26. The highest BCUT2D eigenvalue weighted by atomic mass is 16.3. The van der Waals surface area contributed by atoms with Crippen LogP contribution in [0.2, 0.25) is 0 Å². The molecule has 0 atom stereocenters. The zero-order chi connectivity index (χ0) is 15.0. The molecule has 1 aromatic rings. The monoisotopic (exact) mass is 275 g/mol. The second-order valence-corrected chi connectivity index (χ2v) is 5.13. The van der Waals surface area contributed by atoms with Crippen molar-refractivity contribution in [1.82, 2.24) is 0 Å². The second kappa shape index (κ2) is 8.41. The number of benzene rings is 1.